The number of anilines is 1. The summed E-state index contributed by atoms with van der Waals surface area (Å²) in [5, 5.41) is 20.5. The van der Waals surface area contributed by atoms with Gasteiger partial charge >= 0.3 is 0 Å². The van der Waals surface area contributed by atoms with Crippen LogP contribution in [0.1, 0.15) is 22.3 Å². The van der Waals surface area contributed by atoms with Crippen LogP contribution in [0, 0.1) is 10.1 Å². The third-order valence-corrected chi connectivity index (χ3v) is 4.18. The number of nitrogens with one attached hydrogen (secondary N) is 3. The predicted molar refractivity (Wildman–Crippen MR) is 95.6 cm³/mol. The second-order valence-electron chi connectivity index (χ2n) is 5.99. The summed E-state index contributed by atoms with van der Waals surface area (Å²) in [4.78, 5) is 23.2. The fraction of sp³-hybridized carbons (Fsp3) is 0.278. The Hall–Kier alpha value is -2.93. The molecule has 1 unspecified atom stereocenters. The zero-order chi connectivity index (χ0) is 17.6. The number of hydrogen-bond donors (Lipinski definition) is 3. The van der Waals surface area contributed by atoms with Crippen LogP contribution in [0.5, 0.6) is 0 Å². The summed E-state index contributed by atoms with van der Waals surface area (Å²) in [6.45, 7) is 2.07. The van der Waals surface area contributed by atoms with E-state index in [0.717, 1.165) is 25.1 Å². The van der Waals surface area contributed by atoms with E-state index in [9.17, 15) is 14.9 Å². The van der Waals surface area contributed by atoms with E-state index < -0.39 is 4.92 Å². The number of carbonyl (C=O) groups excluding carboxylic acids is 1. The number of nitro benzene ring substituents is 1. The first-order chi connectivity index (χ1) is 12.1. The zero-order valence-corrected chi connectivity index (χ0v) is 13.7. The summed E-state index contributed by atoms with van der Waals surface area (Å²) in [6, 6.07) is 14.2. The molecule has 130 valence electrons. The van der Waals surface area contributed by atoms with Crippen LogP contribution < -0.4 is 16.0 Å². The molecule has 1 fully saturated rings. The van der Waals surface area contributed by atoms with Crippen LogP contribution in [0.3, 0.4) is 0 Å². The molecule has 7 nitrogen and oxygen atoms in total. The molecule has 0 radical (unpaired) electrons. The molecule has 0 saturated carbocycles. The van der Waals surface area contributed by atoms with Gasteiger partial charge in [-0.25, -0.2) is 0 Å². The van der Waals surface area contributed by atoms with E-state index in [-0.39, 0.29) is 17.6 Å². The summed E-state index contributed by atoms with van der Waals surface area (Å²) >= 11 is 0. The molecule has 2 aromatic carbocycles. The van der Waals surface area contributed by atoms with E-state index in [1.807, 2.05) is 30.3 Å². The number of benzene rings is 2. The summed E-state index contributed by atoms with van der Waals surface area (Å²) in [5.74, 6) is -0.286. The van der Waals surface area contributed by atoms with Gasteiger partial charge < -0.3 is 16.0 Å². The van der Waals surface area contributed by atoms with E-state index in [1.165, 1.54) is 6.07 Å². The maximum absolute atomic E-state index is 12.3. The van der Waals surface area contributed by atoms with Crippen LogP contribution in [0.2, 0.25) is 0 Å². The Morgan fingerprint density at radius 3 is 2.72 bits per heavy atom. The molecule has 1 heterocycles. The molecule has 1 aliphatic rings. The Morgan fingerprint density at radius 1 is 1.24 bits per heavy atom. The molecule has 1 atom stereocenters. The van der Waals surface area contributed by atoms with Gasteiger partial charge in [0.25, 0.3) is 11.6 Å². The number of nitrogens with zero attached hydrogens (tertiary/aromatic N) is 1. The number of hydrogen-bond acceptors (Lipinski definition) is 5. The quantitative estimate of drug-likeness (QED) is 0.554. The lowest BCUT2D eigenvalue weighted by atomic mass is 10.1. The second-order valence-corrected chi connectivity index (χ2v) is 5.99. The van der Waals surface area contributed by atoms with Crippen LogP contribution in [-0.2, 0) is 6.54 Å². The minimum absolute atomic E-state index is 0.0717. The molecule has 1 amide bonds. The van der Waals surface area contributed by atoms with Gasteiger partial charge in [0.05, 0.1) is 4.92 Å². The molecule has 0 bridgehead atoms. The van der Waals surface area contributed by atoms with Crippen molar-refractivity contribution in [2.75, 3.05) is 18.4 Å². The molecule has 3 rings (SSSR count). The van der Waals surface area contributed by atoms with Gasteiger partial charge in [-0.15, -0.1) is 0 Å². The lowest BCUT2D eigenvalue weighted by molar-refractivity contribution is -0.384. The van der Waals surface area contributed by atoms with Gasteiger partial charge in [0, 0.05) is 30.8 Å². The van der Waals surface area contributed by atoms with E-state index >= 15 is 0 Å². The second kappa shape index (κ2) is 7.76. The molecule has 1 aliphatic heterocycles. The topological polar surface area (TPSA) is 96.3 Å². The Bertz CT molecular complexity index is 758. The fourth-order valence-electron chi connectivity index (χ4n) is 2.81. The van der Waals surface area contributed by atoms with Crippen molar-refractivity contribution in [3.8, 4) is 0 Å². The van der Waals surface area contributed by atoms with E-state index in [1.54, 1.807) is 12.1 Å². The third kappa shape index (κ3) is 4.33. The first-order valence-corrected chi connectivity index (χ1v) is 8.21. The normalized spacial score (nSPS) is 16.4. The first-order valence-electron chi connectivity index (χ1n) is 8.21. The lowest BCUT2D eigenvalue weighted by Crippen LogP contribution is -2.36. The van der Waals surface area contributed by atoms with Crippen molar-refractivity contribution < 1.29 is 9.72 Å². The first kappa shape index (κ1) is 16.9. The molecule has 7 heteroatoms. The van der Waals surface area contributed by atoms with E-state index in [0.29, 0.717) is 17.8 Å². The molecule has 0 spiro atoms. The minimum Gasteiger partial charge on any atom is -0.375 e. The smallest absolute Gasteiger partial charge is 0.293 e. The molecule has 3 N–H and O–H groups in total. The summed E-state index contributed by atoms with van der Waals surface area (Å²) in [7, 11) is 0. The number of amides is 1. The Labute approximate surface area is 145 Å². The molecular weight excluding hydrogens is 320 g/mol. The average Bonchev–Trinajstić information content (AvgIpc) is 3.13. The molecular formula is C18H20N4O3. The Balaban J connectivity index is 1.73. The maximum atomic E-state index is 12.3. The SMILES string of the molecule is O=C(NC1CCNC1)c1ccc(NCc2ccccc2)c([N+](=O)[O-])c1. The fourth-order valence-corrected chi connectivity index (χ4v) is 2.81. The third-order valence-electron chi connectivity index (χ3n) is 4.18. The minimum atomic E-state index is -0.471. The summed E-state index contributed by atoms with van der Waals surface area (Å²) in [6.07, 6.45) is 0.866. The van der Waals surface area contributed by atoms with Crippen molar-refractivity contribution in [3.63, 3.8) is 0 Å². The van der Waals surface area contributed by atoms with Gasteiger partial charge in [-0.1, -0.05) is 30.3 Å². The van der Waals surface area contributed by atoms with Crippen LogP contribution in [0.25, 0.3) is 0 Å². The van der Waals surface area contributed by atoms with E-state index in [4.69, 9.17) is 0 Å². The highest BCUT2D eigenvalue weighted by Gasteiger charge is 2.21. The van der Waals surface area contributed by atoms with Crippen LogP contribution in [0.15, 0.2) is 48.5 Å². The number of nitro groups is 1. The molecule has 2 aromatic rings. The summed E-state index contributed by atoms with van der Waals surface area (Å²) < 4.78 is 0. The summed E-state index contributed by atoms with van der Waals surface area (Å²) in [5.41, 5.74) is 1.61. The van der Waals surface area contributed by atoms with Crippen molar-refractivity contribution in [2.45, 2.75) is 19.0 Å². The van der Waals surface area contributed by atoms with Gasteiger partial charge in [-0.2, -0.15) is 0 Å². The van der Waals surface area contributed by atoms with Crippen molar-refractivity contribution in [1.29, 1.82) is 0 Å². The van der Waals surface area contributed by atoms with E-state index in [2.05, 4.69) is 16.0 Å². The monoisotopic (exact) mass is 340 g/mol. The molecule has 0 aliphatic carbocycles. The Morgan fingerprint density at radius 2 is 2.04 bits per heavy atom. The molecule has 1 saturated heterocycles. The van der Waals surface area contributed by atoms with Crippen LogP contribution >= 0.6 is 0 Å². The standard InChI is InChI=1S/C18H20N4O3/c23-18(21-15-8-9-19-12-15)14-6-7-16(17(10-14)22(24)25)20-11-13-4-2-1-3-5-13/h1-7,10,15,19-20H,8-9,11-12H2,(H,21,23). The zero-order valence-electron chi connectivity index (χ0n) is 13.7. The van der Waals surface area contributed by atoms with Crippen molar-refractivity contribution in [2.24, 2.45) is 0 Å². The highest BCUT2D eigenvalue weighted by Crippen LogP contribution is 2.26. The Kier molecular flexibility index (Phi) is 5.25. The van der Waals surface area contributed by atoms with Crippen LogP contribution in [0.4, 0.5) is 11.4 Å². The van der Waals surface area contributed by atoms with Crippen molar-refractivity contribution in [1.82, 2.24) is 10.6 Å². The van der Waals surface area contributed by atoms with Crippen molar-refractivity contribution >= 4 is 17.3 Å². The average molecular weight is 340 g/mol. The highest BCUT2D eigenvalue weighted by molar-refractivity contribution is 5.96. The predicted octanol–water partition coefficient (Wildman–Crippen LogP) is 2.30. The lowest BCUT2D eigenvalue weighted by Gasteiger charge is -2.12. The molecule has 25 heavy (non-hydrogen) atoms. The van der Waals surface area contributed by atoms with Gasteiger partial charge in [-0.3, -0.25) is 14.9 Å². The van der Waals surface area contributed by atoms with Gasteiger partial charge in [0.2, 0.25) is 0 Å². The maximum Gasteiger partial charge on any atom is 0.293 e. The van der Waals surface area contributed by atoms with Gasteiger partial charge in [0.1, 0.15) is 5.69 Å². The number of carbonyl (C=O) groups is 1. The highest BCUT2D eigenvalue weighted by atomic mass is 16.6. The van der Waals surface area contributed by atoms with Gasteiger partial charge in [0.15, 0.2) is 0 Å². The molecule has 0 aromatic heterocycles. The number of rotatable bonds is 6. The van der Waals surface area contributed by atoms with Crippen LogP contribution in [-0.4, -0.2) is 30.0 Å². The largest absolute Gasteiger partial charge is 0.375 e. The van der Waals surface area contributed by atoms with Crippen molar-refractivity contribution in [3.05, 3.63) is 69.8 Å². The van der Waals surface area contributed by atoms with Gasteiger partial charge in [-0.05, 0) is 30.7 Å².